The molecular formula is C16H33N3. The standard InChI is InChI=1S/C16H33N3/c1-6-14-11-19(8-7-18(14)5)16-13(3)9-12(2)10-15(16)17-4/h12-17H,6-11H2,1-5H3. The van der Waals surface area contributed by atoms with Crippen LogP contribution in [0.25, 0.3) is 0 Å². The van der Waals surface area contributed by atoms with Crippen molar-refractivity contribution < 1.29 is 0 Å². The molecule has 0 aromatic rings. The van der Waals surface area contributed by atoms with Gasteiger partial charge in [0.05, 0.1) is 0 Å². The predicted octanol–water partition coefficient (Wildman–Crippen LogP) is 2.04. The normalized spacial score (nSPS) is 42.5. The van der Waals surface area contributed by atoms with Gasteiger partial charge in [0.2, 0.25) is 0 Å². The van der Waals surface area contributed by atoms with Gasteiger partial charge in [-0.25, -0.2) is 0 Å². The third-order valence-electron chi connectivity index (χ3n) is 5.50. The van der Waals surface area contributed by atoms with E-state index in [1.807, 2.05) is 0 Å². The number of rotatable bonds is 3. The predicted molar refractivity (Wildman–Crippen MR) is 82.5 cm³/mol. The Morgan fingerprint density at radius 1 is 1.16 bits per heavy atom. The van der Waals surface area contributed by atoms with Crippen molar-refractivity contribution in [3.8, 4) is 0 Å². The lowest BCUT2D eigenvalue weighted by molar-refractivity contribution is 0.00644. The summed E-state index contributed by atoms with van der Waals surface area (Å²) in [6.45, 7) is 10.9. The molecule has 0 aromatic heterocycles. The van der Waals surface area contributed by atoms with Crippen molar-refractivity contribution in [1.82, 2.24) is 15.1 Å². The van der Waals surface area contributed by atoms with Crippen LogP contribution < -0.4 is 5.32 Å². The molecule has 1 N–H and O–H groups in total. The number of hydrogen-bond donors (Lipinski definition) is 1. The fourth-order valence-corrected chi connectivity index (χ4v) is 4.42. The molecule has 1 aliphatic carbocycles. The summed E-state index contributed by atoms with van der Waals surface area (Å²) < 4.78 is 0. The molecule has 1 saturated heterocycles. The molecule has 112 valence electrons. The Balaban J connectivity index is 2.06. The van der Waals surface area contributed by atoms with Crippen LogP contribution in [0.15, 0.2) is 0 Å². The molecular weight excluding hydrogens is 234 g/mol. The second-order valence-electron chi connectivity index (χ2n) is 6.98. The first-order valence-electron chi connectivity index (χ1n) is 8.18. The highest BCUT2D eigenvalue weighted by Gasteiger charge is 2.39. The zero-order valence-electron chi connectivity index (χ0n) is 13.5. The summed E-state index contributed by atoms with van der Waals surface area (Å²) in [4.78, 5) is 5.33. The van der Waals surface area contributed by atoms with E-state index in [4.69, 9.17) is 0 Å². The van der Waals surface area contributed by atoms with E-state index in [2.05, 4.69) is 50.0 Å². The molecule has 2 fully saturated rings. The minimum Gasteiger partial charge on any atom is -0.315 e. The number of piperazine rings is 1. The molecule has 19 heavy (non-hydrogen) atoms. The van der Waals surface area contributed by atoms with Crippen molar-refractivity contribution in [2.75, 3.05) is 33.7 Å². The van der Waals surface area contributed by atoms with Crippen molar-refractivity contribution in [2.45, 2.75) is 58.2 Å². The maximum Gasteiger partial charge on any atom is 0.0276 e. The Labute approximate surface area is 119 Å². The van der Waals surface area contributed by atoms with E-state index in [1.54, 1.807) is 0 Å². The summed E-state index contributed by atoms with van der Waals surface area (Å²) in [7, 11) is 4.43. The van der Waals surface area contributed by atoms with Crippen LogP contribution in [0.4, 0.5) is 0 Å². The van der Waals surface area contributed by atoms with Crippen molar-refractivity contribution >= 4 is 0 Å². The number of hydrogen-bond acceptors (Lipinski definition) is 3. The summed E-state index contributed by atoms with van der Waals surface area (Å²) in [5, 5.41) is 3.60. The Kier molecular flexibility index (Phi) is 5.27. The molecule has 3 nitrogen and oxygen atoms in total. The molecule has 0 bridgehead atoms. The number of nitrogens with zero attached hydrogens (tertiary/aromatic N) is 2. The lowest BCUT2D eigenvalue weighted by Gasteiger charge is -2.50. The lowest BCUT2D eigenvalue weighted by Crippen LogP contribution is -2.62. The number of nitrogens with one attached hydrogen (secondary N) is 1. The van der Waals surface area contributed by atoms with Gasteiger partial charge in [-0.2, -0.15) is 0 Å². The first-order chi connectivity index (χ1) is 9.06. The molecule has 0 spiro atoms. The van der Waals surface area contributed by atoms with Crippen LogP contribution in [0.1, 0.15) is 40.0 Å². The van der Waals surface area contributed by atoms with Gasteiger partial charge in [0.1, 0.15) is 0 Å². The molecule has 0 aromatic carbocycles. The maximum atomic E-state index is 3.60. The van der Waals surface area contributed by atoms with Crippen molar-refractivity contribution in [3.63, 3.8) is 0 Å². The van der Waals surface area contributed by atoms with E-state index >= 15 is 0 Å². The summed E-state index contributed by atoms with van der Waals surface area (Å²) in [6.07, 6.45) is 4.01. The van der Waals surface area contributed by atoms with Gasteiger partial charge < -0.3 is 10.2 Å². The zero-order chi connectivity index (χ0) is 14.0. The minimum atomic E-state index is 0.680. The van der Waals surface area contributed by atoms with Crippen LogP contribution in [0.5, 0.6) is 0 Å². The van der Waals surface area contributed by atoms with Gasteiger partial charge in [0, 0.05) is 37.8 Å². The van der Waals surface area contributed by atoms with Gasteiger partial charge in [0.25, 0.3) is 0 Å². The Morgan fingerprint density at radius 3 is 2.53 bits per heavy atom. The Hall–Kier alpha value is -0.120. The van der Waals surface area contributed by atoms with Gasteiger partial charge in [0.15, 0.2) is 0 Å². The summed E-state index contributed by atoms with van der Waals surface area (Å²) in [5.41, 5.74) is 0. The molecule has 0 radical (unpaired) electrons. The van der Waals surface area contributed by atoms with E-state index < -0.39 is 0 Å². The molecule has 0 amide bonds. The molecule has 2 aliphatic rings. The summed E-state index contributed by atoms with van der Waals surface area (Å²) >= 11 is 0. The quantitative estimate of drug-likeness (QED) is 0.844. The number of likely N-dealkylation sites (N-methyl/N-ethyl adjacent to an activating group) is 2. The largest absolute Gasteiger partial charge is 0.315 e. The SMILES string of the molecule is CCC1CN(C2C(C)CC(C)CC2NC)CCN1C. The van der Waals surface area contributed by atoms with Gasteiger partial charge in [-0.15, -0.1) is 0 Å². The van der Waals surface area contributed by atoms with E-state index in [0.717, 1.165) is 23.9 Å². The second kappa shape index (κ2) is 6.55. The lowest BCUT2D eigenvalue weighted by atomic mass is 9.75. The van der Waals surface area contributed by atoms with E-state index in [9.17, 15) is 0 Å². The van der Waals surface area contributed by atoms with Crippen LogP contribution in [0, 0.1) is 11.8 Å². The highest BCUT2D eigenvalue weighted by atomic mass is 15.3. The van der Waals surface area contributed by atoms with Crippen LogP contribution >= 0.6 is 0 Å². The Morgan fingerprint density at radius 2 is 1.89 bits per heavy atom. The van der Waals surface area contributed by atoms with E-state index in [-0.39, 0.29) is 0 Å². The average molecular weight is 267 g/mol. The Bertz CT molecular complexity index is 281. The van der Waals surface area contributed by atoms with Crippen LogP contribution in [0.3, 0.4) is 0 Å². The van der Waals surface area contributed by atoms with Crippen LogP contribution in [-0.4, -0.2) is 61.7 Å². The molecule has 1 saturated carbocycles. The van der Waals surface area contributed by atoms with Gasteiger partial charge in [-0.05, 0) is 45.2 Å². The minimum absolute atomic E-state index is 0.680. The molecule has 1 aliphatic heterocycles. The third-order valence-corrected chi connectivity index (χ3v) is 5.50. The molecule has 3 heteroatoms. The first-order valence-corrected chi connectivity index (χ1v) is 8.18. The van der Waals surface area contributed by atoms with Crippen LogP contribution in [0.2, 0.25) is 0 Å². The summed E-state index contributed by atoms with van der Waals surface area (Å²) in [5.74, 6) is 1.69. The van der Waals surface area contributed by atoms with E-state index in [1.165, 1.54) is 38.9 Å². The fraction of sp³-hybridized carbons (Fsp3) is 1.00. The average Bonchev–Trinajstić information content (AvgIpc) is 2.39. The van der Waals surface area contributed by atoms with Crippen LogP contribution in [-0.2, 0) is 0 Å². The fourth-order valence-electron chi connectivity index (χ4n) is 4.42. The highest BCUT2D eigenvalue weighted by Crippen LogP contribution is 2.33. The molecule has 5 unspecified atom stereocenters. The smallest absolute Gasteiger partial charge is 0.0276 e. The maximum absolute atomic E-state index is 3.60. The van der Waals surface area contributed by atoms with Gasteiger partial charge in [-0.1, -0.05) is 20.8 Å². The van der Waals surface area contributed by atoms with Gasteiger partial charge >= 0.3 is 0 Å². The van der Waals surface area contributed by atoms with Crippen molar-refractivity contribution in [1.29, 1.82) is 0 Å². The topological polar surface area (TPSA) is 18.5 Å². The second-order valence-corrected chi connectivity index (χ2v) is 6.98. The third kappa shape index (κ3) is 3.32. The van der Waals surface area contributed by atoms with Crippen molar-refractivity contribution in [3.05, 3.63) is 0 Å². The molecule has 5 atom stereocenters. The van der Waals surface area contributed by atoms with Gasteiger partial charge in [-0.3, -0.25) is 4.90 Å². The molecule has 2 rings (SSSR count). The summed E-state index contributed by atoms with van der Waals surface area (Å²) in [6, 6.07) is 2.17. The molecule has 1 heterocycles. The monoisotopic (exact) mass is 267 g/mol. The highest BCUT2D eigenvalue weighted by molar-refractivity contribution is 4.96. The zero-order valence-corrected chi connectivity index (χ0v) is 13.5. The van der Waals surface area contributed by atoms with Crippen molar-refractivity contribution in [2.24, 2.45) is 11.8 Å². The first kappa shape index (κ1) is 15.3. The van der Waals surface area contributed by atoms with E-state index in [0.29, 0.717) is 6.04 Å².